The summed E-state index contributed by atoms with van der Waals surface area (Å²) in [6.07, 6.45) is 6.55. The number of nitrogens with one attached hydrogen (secondary N) is 2. The van der Waals surface area contributed by atoms with Crippen molar-refractivity contribution in [3.63, 3.8) is 0 Å². The molecule has 2 aliphatic heterocycles. The van der Waals surface area contributed by atoms with Gasteiger partial charge in [-0.1, -0.05) is 64.7 Å². The Bertz CT molecular complexity index is 1160. The van der Waals surface area contributed by atoms with E-state index in [2.05, 4.69) is 27.5 Å². The lowest BCUT2D eigenvalue weighted by Crippen LogP contribution is -2.61. The molecule has 0 saturated carbocycles. The lowest BCUT2D eigenvalue weighted by Gasteiger charge is -2.34. The maximum absolute atomic E-state index is 14.5. The molecular weight excluding hydrogens is 532 g/mol. The fourth-order valence-electron chi connectivity index (χ4n) is 4.89. The molecule has 0 bridgehead atoms. The van der Waals surface area contributed by atoms with Crippen LogP contribution in [0.25, 0.3) is 0 Å². The fraction of sp³-hybridized carbons (Fsp3) is 0.654. The van der Waals surface area contributed by atoms with Crippen LogP contribution in [0.2, 0.25) is 0 Å². The van der Waals surface area contributed by atoms with Gasteiger partial charge in [0.25, 0.3) is 5.91 Å². The van der Waals surface area contributed by atoms with Crippen LogP contribution < -0.4 is 16.3 Å². The lowest BCUT2D eigenvalue weighted by molar-refractivity contribution is -0.141. The second kappa shape index (κ2) is 13.9. The highest BCUT2D eigenvalue weighted by molar-refractivity contribution is 6.45. The van der Waals surface area contributed by atoms with Crippen molar-refractivity contribution < 1.29 is 38.4 Å². The molecular formula is C26H37F2N5O7. The third-order valence-electron chi connectivity index (χ3n) is 7.14. The van der Waals surface area contributed by atoms with Crippen LogP contribution in [0.5, 0.6) is 0 Å². The van der Waals surface area contributed by atoms with Gasteiger partial charge in [-0.2, -0.15) is 13.8 Å². The number of amides is 1. The molecule has 1 fully saturated rings. The van der Waals surface area contributed by atoms with Gasteiger partial charge in [-0.15, -0.1) is 0 Å². The molecule has 3 rings (SSSR count). The van der Waals surface area contributed by atoms with E-state index in [-0.39, 0.29) is 12.2 Å². The number of hydrogen-bond acceptors (Lipinski definition) is 9. The number of anilines is 1. The van der Waals surface area contributed by atoms with E-state index in [1.165, 1.54) is 38.1 Å². The number of unbranched alkanes of at least 4 members (excludes halogenated alkanes) is 8. The van der Waals surface area contributed by atoms with Gasteiger partial charge in [0.2, 0.25) is 6.23 Å². The summed E-state index contributed by atoms with van der Waals surface area (Å²) in [4.78, 5) is 45.6. The van der Waals surface area contributed by atoms with Gasteiger partial charge < -0.3 is 30.7 Å². The maximum atomic E-state index is 14.5. The maximum Gasteiger partial charge on any atom is 0.353 e. The first-order valence-electron chi connectivity index (χ1n) is 13.6. The monoisotopic (exact) mass is 569 g/mol. The molecule has 0 aliphatic carbocycles. The Kier molecular flexibility index (Phi) is 10.9. The quantitative estimate of drug-likeness (QED) is 0.199. The molecule has 222 valence electrons. The predicted molar refractivity (Wildman–Crippen MR) is 141 cm³/mol. The molecule has 1 aromatic rings. The number of halogens is 2. The van der Waals surface area contributed by atoms with Gasteiger partial charge in [-0.3, -0.25) is 9.36 Å². The van der Waals surface area contributed by atoms with Crippen LogP contribution in [0.4, 0.5) is 14.6 Å². The number of ether oxygens (including phenoxy) is 1. The summed E-state index contributed by atoms with van der Waals surface area (Å²) in [5.74, 6) is -6.43. The van der Waals surface area contributed by atoms with Gasteiger partial charge >= 0.3 is 17.6 Å². The number of carbonyl (C=O) groups is 2. The zero-order valence-electron chi connectivity index (χ0n) is 22.4. The highest BCUT2D eigenvalue weighted by atomic mass is 19.3. The second-order valence-corrected chi connectivity index (χ2v) is 10.0. The number of nitrogens with zero attached hydrogens (tertiary/aromatic N) is 3. The molecule has 12 nitrogen and oxygen atoms in total. The Morgan fingerprint density at radius 2 is 1.80 bits per heavy atom. The number of aliphatic imine (C=N–C) groups is 1. The van der Waals surface area contributed by atoms with Crippen LogP contribution in [0.1, 0.15) is 77.4 Å². The van der Waals surface area contributed by atoms with Gasteiger partial charge in [-0.05, 0) is 12.5 Å². The van der Waals surface area contributed by atoms with Gasteiger partial charge in [0.1, 0.15) is 11.9 Å². The molecule has 3 heterocycles. The van der Waals surface area contributed by atoms with Crippen molar-refractivity contribution in [2.75, 3.05) is 11.9 Å². The van der Waals surface area contributed by atoms with Crippen LogP contribution in [0, 0.1) is 0 Å². The first-order chi connectivity index (χ1) is 19.1. The Balaban J connectivity index is 1.71. The van der Waals surface area contributed by atoms with Gasteiger partial charge in [0, 0.05) is 18.6 Å². The standard InChI is InChI=1S/C26H37F2N5O7/c1-2-3-4-5-6-7-8-9-10-12-25(19(21(36)37)29-13-14-30-25)22(38)31-18-11-15-33(24(39)32-18)23-26(27,28)20(35)17(16-34)40-23/h11,13-15,17,20,23,30,34-35H,2-10,12,16H2,1H3,(H,36,37)(H,31,32,38,39)/t17-,20-,23-,25?/m1/s1. The van der Waals surface area contributed by atoms with E-state index in [0.717, 1.165) is 37.9 Å². The minimum Gasteiger partial charge on any atom is -0.477 e. The molecule has 1 saturated heterocycles. The minimum atomic E-state index is -3.89. The Morgan fingerprint density at radius 3 is 2.38 bits per heavy atom. The van der Waals surface area contributed by atoms with E-state index in [9.17, 15) is 33.4 Å². The molecule has 14 heteroatoms. The highest BCUT2D eigenvalue weighted by Crippen LogP contribution is 2.42. The smallest absolute Gasteiger partial charge is 0.353 e. The average molecular weight is 570 g/mol. The normalized spacial score (nSPS) is 25.3. The van der Waals surface area contributed by atoms with Crippen molar-refractivity contribution in [2.24, 2.45) is 4.99 Å². The van der Waals surface area contributed by atoms with E-state index in [1.54, 1.807) is 0 Å². The molecule has 40 heavy (non-hydrogen) atoms. The molecule has 0 radical (unpaired) electrons. The van der Waals surface area contributed by atoms with Crippen LogP contribution in [0.3, 0.4) is 0 Å². The van der Waals surface area contributed by atoms with Gasteiger partial charge in [-0.25, -0.2) is 14.6 Å². The van der Waals surface area contributed by atoms with Crippen LogP contribution in [-0.4, -0.2) is 72.7 Å². The first kappa shape index (κ1) is 31.3. The second-order valence-electron chi connectivity index (χ2n) is 10.0. The van der Waals surface area contributed by atoms with Crippen LogP contribution in [-0.2, 0) is 14.3 Å². The molecule has 4 atom stereocenters. The highest BCUT2D eigenvalue weighted by Gasteiger charge is 2.59. The van der Waals surface area contributed by atoms with Crippen molar-refractivity contribution in [1.29, 1.82) is 0 Å². The lowest BCUT2D eigenvalue weighted by atomic mass is 9.84. The SMILES string of the molecule is CCCCCCCCCCCC1(C(=O)Nc2ccn([C@@H]3O[C@H](CO)[C@@H](O)C3(F)F)c(=O)n2)NC=CN=C1C(=O)O. The summed E-state index contributed by atoms with van der Waals surface area (Å²) in [6, 6.07) is 1.07. The number of rotatable bonds is 15. The Hall–Kier alpha value is -3.23. The average Bonchev–Trinajstić information content (AvgIpc) is 3.15. The van der Waals surface area contributed by atoms with Crippen molar-refractivity contribution in [3.8, 4) is 0 Å². The number of aliphatic hydroxyl groups excluding tert-OH is 2. The van der Waals surface area contributed by atoms with Crippen molar-refractivity contribution in [2.45, 2.75) is 101 Å². The molecule has 1 amide bonds. The Labute approximate surface area is 230 Å². The van der Waals surface area contributed by atoms with Gasteiger partial charge in [0.05, 0.1) is 6.61 Å². The number of alkyl halides is 2. The van der Waals surface area contributed by atoms with Crippen molar-refractivity contribution >= 4 is 23.4 Å². The fourth-order valence-corrected chi connectivity index (χ4v) is 4.89. The molecule has 2 aliphatic rings. The van der Waals surface area contributed by atoms with E-state index in [0.29, 0.717) is 11.0 Å². The van der Waals surface area contributed by atoms with Gasteiger partial charge in [0.15, 0.2) is 17.4 Å². The predicted octanol–water partition coefficient (Wildman–Crippen LogP) is 2.33. The van der Waals surface area contributed by atoms with E-state index in [4.69, 9.17) is 9.84 Å². The third kappa shape index (κ3) is 6.91. The summed E-state index contributed by atoms with van der Waals surface area (Å²) in [5.41, 5.74) is -3.40. The number of aliphatic hydroxyl groups is 2. The largest absolute Gasteiger partial charge is 0.477 e. The Morgan fingerprint density at radius 1 is 1.15 bits per heavy atom. The number of aromatic nitrogens is 2. The van der Waals surface area contributed by atoms with E-state index >= 15 is 0 Å². The summed E-state index contributed by atoms with van der Waals surface area (Å²) in [6.45, 7) is 1.27. The van der Waals surface area contributed by atoms with E-state index in [1.807, 2.05) is 0 Å². The zero-order chi connectivity index (χ0) is 29.3. The van der Waals surface area contributed by atoms with Crippen molar-refractivity contribution in [3.05, 3.63) is 35.1 Å². The van der Waals surface area contributed by atoms with Crippen LogP contribution >= 0.6 is 0 Å². The summed E-state index contributed by atoms with van der Waals surface area (Å²) >= 11 is 0. The summed E-state index contributed by atoms with van der Waals surface area (Å²) in [5, 5.41) is 33.9. The van der Waals surface area contributed by atoms with E-state index < -0.39 is 59.8 Å². The van der Waals surface area contributed by atoms with Crippen LogP contribution in [0.15, 0.2) is 34.5 Å². The molecule has 0 aromatic carbocycles. The molecule has 1 unspecified atom stereocenters. The summed E-state index contributed by atoms with van der Waals surface area (Å²) < 4.78 is 34.3. The number of hydrogen-bond donors (Lipinski definition) is 5. The molecule has 5 N–H and O–H groups in total. The third-order valence-corrected chi connectivity index (χ3v) is 7.14. The van der Waals surface area contributed by atoms with Crippen molar-refractivity contribution in [1.82, 2.24) is 14.9 Å². The topological polar surface area (TPSA) is 175 Å². The number of carboxylic acids is 1. The number of aliphatic carboxylic acids is 1. The zero-order valence-corrected chi connectivity index (χ0v) is 22.4. The minimum absolute atomic E-state index is 0.101. The number of carboxylic acid groups (broad SMARTS) is 1. The molecule has 1 aromatic heterocycles. The summed E-state index contributed by atoms with van der Waals surface area (Å²) in [7, 11) is 0. The molecule has 0 spiro atoms. The number of carbonyl (C=O) groups excluding carboxylic acids is 1. The first-order valence-corrected chi connectivity index (χ1v) is 13.6.